The predicted molar refractivity (Wildman–Crippen MR) is 147 cm³/mol. The van der Waals surface area contributed by atoms with Crippen LogP contribution < -0.4 is 4.31 Å². The van der Waals surface area contributed by atoms with Gasteiger partial charge in [-0.25, -0.2) is 18.4 Å². The minimum absolute atomic E-state index is 0.133. The molecular formula is C26H23Cl2N5O4S. The molecule has 0 saturated heterocycles. The number of esters is 1. The Kier molecular flexibility index (Phi) is 7.29. The average Bonchev–Trinajstić information content (AvgIpc) is 3.53. The quantitative estimate of drug-likeness (QED) is 0.171. The van der Waals surface area contributed by atoms with Gasteiger partial charge < -0.3 is 9.14 Å². The molecule has 38 heavy (non-hydrogen) atoms. The fourth-order valence-corrected chi connectivity index (χ4v) is 6.17. The van der Waals surface area contributed by atoms with Gasteiger partial charge in [-0.3, -0.25) is 13.7 Å². The zero-order chi connectivity index (χ0) is 26.9. The molecule has 0 N–H and O–H groups in total. The first-order valence-electron chi connectivity index (χ1n) is 11.8. The fourth-order valence-electron chi connectivity index (χ4n) is 4.04. The molecule has 5 aromatic rings. The molecule has 3 heterocycles. The Balaban J connectivity index is 1.55. The standard InChI is InChI=1S/C26H23Cl2N5O4S/c1-2-3-10-37-26(34)17-33(38(35,36)22-13-19(27)12-20(28)14-22)21-4-5-23-18(11-21)6-8-32(23)25-16-31-9-7-29-24(31)15-30-25/h4-9,11-16H,2-3,10,17H2,1H3. The van der Waals surface area contributed by atoms with Gasteiger partial charge in [-0.1, -0.05) is 36.5 Å². The minimum atomic E-state index is -4.22. The number of halogens is 2. The maximum atomic E-state index is 13.7. The highest BCUT2D eigenvalue weighted by molar-refractivity contribution is 7.92. The van der Waals surface area contributed by atoms with Crippen LogP contribution in [0, 0.1) is 0 Å². The summed E-state index contributed by atoms with van der Waals surface area (Å²) in [5.74, 6) is 0.00134. The van der Waals surface area contributed by atoms with Crippen molar-refractivity contribution in [1.82, 2.24) is 18.9 Å². The Morgan fingerprint density at radius 3 is 2.61 bits per heavy atom. The largest absolute Gasteiger partial charge is 0.464 e. The Hall–Kier alpha value is -3.60. The number of sulfonamides is 1. The number of anilines is 1. The number of ether oxygens (including phenoxy) is 1. The predicted octanol–water partition coefficient (Wildman–Crippen LogP) is 5.52. The lowest BCUT2D eigenvalue weighted by molar-refractivity contribution is -0.141. The number of fused-ring (bicyclic) bond motifs is 2. The third-order valence-corrected chi connectivity index (χ3v) is 8.12. The molecule has 9 nitrogen and oxygen atoms in total. The monoisotopic (exact) mass is 571 g/mol. The Morgan fingerprint density at radius 2 is 1.84 bits per heavy atom. The molecule has 0 radical (unpaired) electrons. The molecule has 0 aliphatic rings. The molecule has 3 aromatic heterocycles. The van der Waals surface area contributed by atoms with E-state index in [-0.39, 0.29) is 27.2 Å². The summed E-state index contributed by atoms with van der Waals surface area (Å²) in [7, 11) is -4.22. The number of carbonyl (C=O) groups excluding carboxylic acids is 1. The number of carbonyl (C=O) groups is 1. The van der Waals surface area contributed by atoms with Crippen molar-refractivity contribution >= 4 is 61.4 Å². The van der Waals surface area contributed by atoms with Crippen LogP contribution in [0.2, 0.25) is 10.0 Å². The van der Waals surface area contributed by atoms with E-state index in [9.17, 15) is 13.2 Å². The molecule has 0 unspecified atom stereocenters. The van der Waals surface area contributed by atoms with Crippen LogP contribution in [0.4, 0.5) is 5.69 Å². The van der Waals surface area contributed by atoms with Crippen LogP contribution >= 0.6 is 23.2 Å². The molecule has 12 heteroatoms. The van der Waals surface area contributed by atoms with Gasteiger partial charge in [-0.2, -0.15) is 0 Å². The number of unbranched alkanes of at least 4 members (excludes halogenated alkanes) is 1. The number of hydrogen-bond donors (Lipinski definition) is 0. The summed E-state index contributed by atoms with van der Waals surface area (Å²) in [6.45, 7) is 1.67. The van der Waals surface area contributed by atoms with Crippen molar-refractivity contribution in [3.63, 3.8) is 0 Å². The lowest BCUT2D eigenvalue weighted by Crippen LogP contribution is -2.36. The Morgan fingerprint density at radius 1 is 1.05 bits per heavy atom. The smallest absolute Gasteiger partial charge is 0.326 e. The van der Waals surface area contributed by atoms with E-state index >= 15 is 0 Å². The first-order chi connectivity index (χ1) is 18.3. The zero-order valence-electron chi connectivity index (χ0n) is 20.3. The van der Waals surface area contributed by atoms with Crippen molar-refractivity contribution < 1.29 is 17.9 Å². The van der Waals surface area contributed by atoms with Crippen molar-refractivity contribution in [2.45, 2.75) is 24.7 Å². The number of hydrogen-bond acceptors (Lipinski definition) is 6. The van der Waals surface area contributed by atoms with Crippen molar-refractivity contribution in [2.75, 3.05) is 17.5 Å². The number of aromatic nitrogens is 4. The lowest BCUT2D eigenvalue weighted by Gasteiger charge is -2.24. The van der Waals surface area contributed by atoms with E-state index in [0.717, 1.165) is 27.3 Å². The van der Waals surface area contributed by atoms with E-state index in [2.05, 4.69) is 9.97 Å². The van der Waals surface area contributed by atoms with Gasteiger partial charge in [-0.05, 0) is 48.9 Å². The van der Waals surface area contributed by atoms with Gasteiger partial charge in [0, 0.05) is 34.0 Å². The fraction of sp³-hybridized carbons (Fsp3) is 0.192. The highest BCUT2D eigenvalue weighted by Gasteiger charge is 2.29. The molecule has 0 spiro atoms. The molecular weight excluding hydrogens is 549 g/mol. The molecule has 5 rings (SSSR count). The lowest BCUT2D eigenvalue weighted by atomic mass is 10.2. The van der Waals surface area contributed by atoms with Gasteiger partial charge in [0.25, 0.3) is 10.0 Å². The molecule has 0 aliphatic heterocycles. The van der Waals surface area contributed by atoms with Crippen LogP contribution in [0.5, 0.6) is 0 Å². The second-order valence-corrected chi connectivity index (χ2v) is 11.3. The van der Waals surface area contributed by atoms with Gasteiger partial charge in [0.15, 0.2) is 11.5 Å². The van der Waals surface area contributed by atoms with Crippen LogP contribution in [0.25, 0.3) is 22.4 Å². The van der Waals surface area contributed by atoms with Gasteiger partial charge in [-0.15, -0.1) is 0 Å². The Bertz CT molecular complexity index is 1730. The van der Waals surface area contributed by atoms with E-state index in [0.29, 0.717) is 12.2 Å². The summed E-state index contributed by atoms with van der Waals surface area (Å²) in [4.78, 5) is 21.2. The summed E-state index contributed by atoms with van der Waals surface area (Å²) in [5.41, 5.74) is 1.81. The van der Waals surface area contributed by atoms with Crippen LogP contribution in [0.15, 0.2) is 78.3 Å². The van der Waals surface area contributed by atoms with Gasteiger partial charge in [0.2, 0.25) is 0 Å². The molecule has 0 aliphatic carbocycles. The highest BCUT2D eigenvalue weighted by Crippen LogP contribution is 2.31. The van der Waals surface area contributed by atoms with E-state index in [1.807, 2.05) is 40.5 Å². The van der Waals surface area contributed by atoms with E-state index < -0.39 is 22.5 Å². The second kappa shape index (κ2) is 10.6. The van der Waals surface area contributed by atoms with Crippen LogP contribution in [-0.4, -0.2) is 46.5 Å². The first kappa shape index (κ1) is 26.0. The average molecular weight is 572 g/mol. The molecule has 2 aromatic carbocycles. The maximum absolute atomic E-state index is 13.7. The second-order valence-electron chi connectivity index (χ2n) is 8.56. The van der Waals surface area contributed by atoms with Gasteiger partial charge in [0.1, 0.15) is 6.54 Å². The maximum Gasteiger partial charge on any atom is 0.326 e. The first-order valence-corrected chi connectivity index (χ1v) is 14.0. The van der Waals surface area contributed by atoms with E-state index in [1.165, 1.54) is 18.2 Å². The molecule has 0 fully saturated rings. The highest BCUT2D eigenvalue weighted by atomic mass is 35.5. The van der Waals surface area contributed by atoms with Crippen molar-refractivity contribution in [3.8, 4) is 5.82 Å². The molecule has 0 amide bonds. The SMILES string of the molecule is CCCCOC(=O)CN(c1ccc2c(ccn2-c2cn3ccnc3cn2)c1)S(=O)(=O)c1cc(Cl)cc(Cl)c1. The summed E-state index contributed by atoms with van der Waals surface area (Å²) >= 11 is 12.2. The van der Waals surface area contributed by atoms with E-state index in [4.69, 9.17) is 27.9 Å². The van der Waals surface area contributed by atoms with Crippen LogP contribution in [0.3, 0.4) is 0 Å². The third kappa shape index (κ3) is 5.20. The number of rotatable bonds is 9. The van der Waals surface area contributed by atoms with E-state index in [1.54, 1.807) is 30.6 Å². The molecule has 0 bridgehead atoms. The van der Waals surface area contributed by atoms with Crippen LogP contribution in [-0.2, 0) is 19.6 Å². The molecule has 0 saturated carbocycles. The summed E-state index contributed by atoms with van der Waals surface area (Å²) in [5, 5.41) is 1.08. The minimum Gasteiger partial charge on any atom is -0.464 e. The van der Waals surface area contributed by atoms with Crippen LogP contribution in [0.1, 0.15) is 19.8 Å². The summed E-state index contributed by atoms with van der Waals surface area (Å²) in [6, 6.07) is 11.0. The zero-order valence-corrected chi connectivity index (χ0v) is 22.6. The van der Waals surface area contributed by atoms with Crippen molar-refractivity contribution in [2.24, 2.45) is 0 Å². The number of nitrogens with zero attached hydrogens (tertiary/aromatic N) is 5. The Labute approximate surface area is 229 Å². The van der Waals surface area contributed by atoms with Crippen molar-refractivity contribution in [3.05, 3.63) is 83.5 Å². The number of benzene rings is 2. The molecule has 196 valence electrons. The number of imidazole rings is 1. The normalized spacial score (nSPS) is 11.8. The van der Waals surface area contributed by atoms with Gasteiger partial charge in [0.05, 0.1) is 35.1 Å². The summed E-state index contributed by atoms with van der Waals surface area (Å²) in [6.07, 6.45) is 10.4. The summed E-state index contributed by atoms with van der Waals surface area (Å²) < 4.78 is 37.5. The van der Waals surface area contributed by atoms with Gasteiger partial charge >= 0.3 is 5.97 Å². The van der Waals surface area contributed by atoms with Crippen molar-refractivity contribution in [1.29, 1.82) is 0 Å². The third-order valence-electron chi connectivity index (χ3n) is 5.93. The topological polar surface area (TPSA) is 98.8 Å². The molecule has 0 atom stereocenters.